The molecule has 0 aliphatic heterocycles. The van der Waals surface area contributed by atoms with Gasteiger partial charge in [0.15, 0.2) is 0 Å². The summed E-state index contributed by atoms with van der Waals surface area (Å²) < 4.78 is 39.7. The lowest BCUT2D eigenvalue weighted by Gasteiger charge is -2.06. The summed E-state index contributed by atoms with van der Waals surface area (Å²) in [6.45, 7) is 0.217. The van der Waals surface area contributed by atoms with Gasteiger partial charge in [-0.25, -0.2) is 13.2 Å². The fraction of sp³-hybridized carbons (Fsp3) is 0.0769. The molecule has 0 radical (unpaired) electrons. The second kappa shape index (κ2) is 4.59. The summed E-state index contributed by atoms with van der Waals surface area (Å²) in [5.41, 5.74) is 6.32. The van der Waals surface area contributed by atoms with Crippen molar-refractivity contribution in [1.82, 2.24) is 0 Å². The molecule has 0 heterocycles. The Kier molecular flexibility index (Phi) is 3.15. The Morgan fingerprint density at radius 1 is 0.882 bits per heavy atom. The maximum Gasteiger partial charge on any atom is 0.131 e. The minimum atomic E-state index is -0.734. The van der Waals surface area contributed by atoms with Gasteiger partial charge in [-0.15, -0.1) is 0 Å². The van der Waals surface area contributed by atoms with E-state index in [0.717, 1.165) is 18.2 Å². The van der Waals surface area contributed by atoms with E-state index in [0.29, 0.717) is 5.56 Å². The van der Waals surface area contributed by atoms with Crippen molar-refractivity contribution in [3.8, 4) is 11.1 Å². The summed E-state index contributed by atoms with van der Waals surface area (Å²) >= 11 is 0. The number of benzene rings is 2. The fourth-order valence-corrected chi connectivity index (χ4v) is 1.63. The quantitative estimate of drug-likeness (QED) is 0.852. The van der Waals surface area contributed by atoms with Crippen molar-refractivity contribution in [2.45, 2.75) is 6.54 Å². The summed E-state index contributed by atoms with van der Waals surface area (Å²) in [4.78, 5) is 0. The maximum absolute atomic E-state index is 13.7. The van der Waals surface area contributed by atoms with Gasteiger partial charge in [0.25, 0.3) is 0 Å². The van der Waals surface area contributed by atoms with E-state index in [1.807, 2.05) is 0 Å². The minimum Gasteiger partial charge on any atom is -0.326 e. The molecule has 17 heavy (non-hydrogen) atoms. The van der Waals surface area contributed by atoms with E-state index in [1.165, 1.54) is 12.1 Å². The van der Waals surface area contributed by atoms with E-state index >= 15 is 0 Å². The zero-order valence-corrected chi connectivity index (χ0v) is 8.88. The molecule has 0 aliphatic rings. The summed E-state index contributed by atoms with van der Waals surface area (Å²) in [5, 5.41) is 0. The van der Waals surface area contributed by atoms with Crippen molar-refractivity contribution in [2.24, 2.45) is 5.73 Å². The lowest BCUT2D eigenvalue weighted by molar-refractivity contribution is 0.583. The molecule has 2 N–H and O–H groups in total. The van der Waals surface area contributed by atoms with Crippen LogP contribution in [0.1, 0.15) is 5.56 Å². The fourth-order valence-electron chi connectivity index (χ4n) is 1.63. The van der Waals surface area contributed by atoms with Crippen molar-refractivity contribution in [1.29, 1.82) is 0 Å². The normalized spacial score (nSPS) is 10.6. The van der Waals surface area contributed by atoms with E-state index in [2.05, 4.69) is 0 Å². The van der Waals surface area contributed by atoms with Crippen LogP contribution in [0.2, 0.25) is 0 Å². The molecule has 2 aromatic rings. The molecule has 0 saturated heterocycles. The first kappa shape index (κ1) is 11.7. The van der Waals surface area contributed by atoms with Crippen LogP contribution in [0.5, 0.6) is 0 Å². The zero-order chi connectivity index (χ0) is 12.4. The summed E-state index contributed by atoms with van der Waals surface area (Å²) in [6, 6.07) is 7.27. The first-order chi connectivity index (χ1) is 8.10. The van der Waals surface area contributed by atoms with Gasteiger partial charge in [-0.1, -0.05) is 12.1 Å². The number of halogens is 3. The molecule has 0 bridgehead atoms. The molecular weight excluding hydrogens is 227 g/mol. The molecule has 0 aromatic heterocycles. The molecule has 0 saturated carbocycles. The second-order valence-corrected chi connectivity index (χ2v) is 3.68. The Bertz CT molecular complexity index is 532. The number of nitrogens with two attached hydrogens (primary N) is 1. The van der Waals surface area contributed by atoms with E-state index in [9.17, 15) is 13.2 Å². The molecule has 1 nitrogen and oxygen atoms in total. The van der Waals surface area contributed by atoms with Crippen LogP contribution in [0.3, 0.4) is 0 Å². The number of rotatable bonds is 2. The van der Waals surface area contributed by atoms with Gasteiger partial charge in [0, 0.05) is 18.2 Å². The summed E-state index contributed by atoms with van der Waals surface area (Å²) in [7, 11) is 0. The smallest absolute Gasteiger partial charge is 0.131 e. The maximum atomic E-state index is 13.7. The predicted octanol–water partition coefficient (Wildman–Crippen LogP) is 3.23. The molecule has 0 fully saturated rings. The van der Waals surface area contributed by atoms with Crippen LogP contribution >= 0.6 is 0 Å². The summed E-state index contributed by atoms with van der Waals surface area (Å²) in [6.07, 6.45) is 0. The Morgan fingerprint density at radius 2 is 1.53 bits per heavy atom. The first-order valence-corrected chi connectivity index (χ1v) is 5.05. The van der Waals surface area contributed by atoms with Crippen molar-refractivity contribution < 1.29 is 13.2 Å². The van der Waals surface area contributed by atoms with Crippen molar-refractivity contribution in [3.05, 3.63) is 59.4 Å². The number of hydrogen-bond acceptors (Lipinski definition) is 1. The molecule has 88 valence electrons. The van der Waals surface area contributed by atoms with Crippen LogP contribution in [0.4, 0.5) is 13.2 Å². The van der Waals surface area contributed by atoms with Gasteiger partial charge in [-0.3, -0.25) is 0 Å². The molecule has 0 unspecified atom stereocenters. The van der Waals surface area contributed by atoms with Crippen molar-refractivity contribution in [2.75, 3.05) is 0 Å². The predicted molar refractivity (Wildman–Crippen MR) is 59.6 cm³/mol. The SMILES string of the molecule is NCc1ccc(-c2cc(F)cc(F)c2)c(F)c1. The van der Waals surface area contributed by atoms with Crippen LogP contribution in [0.15, 0.2) is 36.4 Å². The van der Waals surface area contributed by atoms with Gasteiger partial charge in [-0.2, -0.15) is 0 Å². The van der Waals surface area contributed by atoms with E-state index in [4.69, 9.17) is 5.73 Å². The first-order valence-electron chi connectivity index (χ1n) is 5.05. The lowest BCUT2D eigenvalue weighted by atomic mass is 10.0. The molecule has 4 heteroatoms. The highest BCUT2D eigenvalue weighted by atomic mass is 19.1. The van der Waals surface area contributed by atoms with E-state index < -0.39 is 17.5 Å². The van der Waals surface area contributed by atoms with Crippen molar-refractivity contribution in [3.63, 3.8) is 0 Å². The van der Waals surface area contributed by atoms with Crippen LogP contribution in [-0.2, 0) is 6.54 Å². The van der Waals surface area contributed by atoms with Gasteiger partial charge >= 0.3 is 0 Å². The topological polar surface area (TPSA) is 26.0 Å². The zero-order valence-electron chi connectivity index (χ0n) is 8.88. The van der Waals surface area contributed by atoms with E-state index in [-0.39, 0.29) is 17.7 Å². The lowest BCUT2D eigenvalue weighted by Crippen LogP contribution is -1.97. The monoisotopic (exact) mass is 237 g/mol. The Labute approximate surface area is 96.7 Å². The minimum absolute atomic E-state index is 0.153. The molecule has 0 atom stereocenters. The van der Waals surface area contributed by atoms with Gasteiger partial charge in [0.1, 0.15) is 17.5 Å². The highest BCUT2D eigenvalue weighted by Crippen LogP contribution is 2.25. The van der Waals surface area contributed by atoms with Gasteiger partial charge in [0.05, 0.1) is 0 Å². The van der Waals surface area contributed by atoms with E-state index in [1.54, 1.807) is 6.07 Å². The highest BCUT2D eigenvalue weighted by Gasteiger charge is 2.08. The highest BCUT2D eigenvalue weighted by molar-refractivity contribution is 5.64. The van der Waals surface area contributed by atoms with Crippen LogP contribution in [0, 0.1) is 17.5 Å². The van der Waals surface area contributed by atoms with Crippen molar-refractivity contribution >= 4 is 0 Å². The second-order valence-electron chi connectivity index (χ2n) is 3.68. The standard InChI is InChI=1S/C13H10F3N/c14-10-4-9(5-11(15)6-10)12-2-1-8(7-17)3-13(12)16/h1-6H,7,17H2. The average molecular weight is 237 g/mol. The third kappa shape index (κ3) is 2.47. The molecular formula is C13H10F3N. The largest absolute Gasteiger partial charge is 0.326 e. The average Bonchev–Trinajstić information content (AvgIpc) is 2.27. The van der Waals surface area contributed by atoms with Gasteiger partial charge in [-0.05, 0) is 29.3 Å². The van der Waals surface area contributed by atoms with Gasteiger partial charge < -0.3 is 5.73 Å². The van der Waals surface area contributed by atoms with Crippen LogP contribution < -0.4 is 5.73 Å². The Morgan fingerprint density at radius 3 is 2.06 bits per heavy atom. The van der Waals surface area contributed by atoms with Crippen LogP contribution in [-0.4, -0.2) is 0 Å². The number of hydrogen-bond donors (Lipinski definition) is 1. The molecule has 0 spiro atoms. The third-order valence-electron chi connectivity index (χ3n) is 2.44. The third-order valence-corrected chi connectivity index (χ3v) is 2.44. The van der Waals surface area contributed by atoms with Gasteiger partial charge in [0.2, 0.25) is 0 Å². The molecule has 2 aromatic carbocycles. The molecule has 0 aliphatic carbocycles. The van der Waals surface area contributed by atoms with Crippen LogP contribution in [0.25, 0.3) is 11.1 Å². The summed E-state index contributed by atoms with van der Waals surface area (Å²) in [5.74, 6) is -2.01. The molecule has 2 rings (SSSR count). The molecule has 0 amide bonds. The Hall–Kier alpha value is -1.81. The Balaban J connectivity index is 2.52.